The van der Waals surface area contributed by atoms with E-state index in [0.717, 1.165) is 0 Å². The number of carbonyl (C=O) groups is 3. The van der Waals surface area contributed by atoms with Gasteiger partial charge in [0, 0.05) is 13.1 Å². The van der Waals surface area contributed by atoms with Gasteiger partial charge in [-0.15, -0.1) is 0 Å². The lowest BCUT2D eigenvalue weighted by Gasteiger charge is -2.20. The van der Waals surface area contributed by atoms with Gasteiger partial charge in [-0.1, -0.05) is 6.92 Å². The third-order valence-electron chi connectivity index (χ3n) is 3.54. The van der Waals surface area contributed by atoms with E-state index in [2.05, 4.69) is 10.6 Å². The molecule has 1 rings (SSSR count). The summed E-state index contributed by atoms with van der Waals surface area (Å²) in [6, 6.07) is 0. The van der Waals surface area contributed by atoms with Gasteiger partial charge in [-0.05, 0) is 39.5 Å². The monoisotopic (exact) mass is 314 g/mol. The molecule has 1 saturated carbocycles. The fraction of sp³-hybridized carbons (Fsp3) is 0.800. The van der Waals surface area contributed by atoms with Crippen LogP contribution in [0, 0.1) is 17.8 Å². The highest BCUT2D eigenvalue weighted by Crippen LogP contribution is 2.36. The lowest BCUT2D eigenvalue weighted by Crippen LogP contribution is -2.41. The van der Waals surface area contributed by atoms with Gasteiger partial charge in [0.2, 0.25) is 5.91 Å². The zero-order valence-electron chi connectivity index (χ0n) is 13.6. The molecule has 3 unspecified atom stereocenters. The van der Waals surface area contributed by atoms with E-state index in [-0.39, 0.29) is 24.9 Å². The molecule has 3 atom stereocenters. The molecule has 1 fully saturated rings. The summed E-state index contributed by atoms with van der Waals surface area (Å²) in [4.78, 5) is 34.6. The molecule has 0 radical (unpaired) electrons. The van der Waals surface area contributed by atoms with E-state index >= 15 is 0 Å². The van der Waals surface area contributed by atoms with Gasteiger partial charge in [0.15, 0.2) is 0 Å². The number of carboxylic acids is 1. The predicted molar refractivity (Wildman–Crippen MR) is 80.3 cm³/mol. The minimum atomic E-state index is -0.920. The summed E-state index contributed by atoms with van der Waals surface area (Å²) >= 11 is 0. The molecule has 0 saturated heterocycles. The van der Waals surface area contributed by atoms with E-state index in [1.165, 1.54) is 0 Å². The van der Waals surface area contributed by atoms with Crippen LogP contribution in [0.15, 0.2) is 0 Å². The molecule has 0 aromatic heterocycles. The Balaban J connectivity index is 2.31. The molecule has 7 nitrogen and oxygen atoms in total. The van der Waals surface area contributed by atoms with Crippen LogP contribution in [-0.4, -0.2) is 41.8 Å². The summed E-state index contributed by atoms with van der Waals surface area (Å²) in [6.45, 7) is 7.73. The number of amides is 2. The first kappa shape index (κ1) is 18.3. The molecule has 7 heteroatoms. The van der Waals surface area contributed by atoms with Crippen LogP contribution in [0.4, 0.5) is 4.79 Å². The number of hydrogen-bond acceptors (Lipinski definition) is 4. The van der Waals surface area contributed by atoms with E-state index in [0.29, 0.717) is 12.8 Å². The second-order valence-corrected chi connectivity index (χ2v) is 6.85. The summed E-state index contributed by atoms with van der Waals surface area (Å²) < 4.78 is 5.07. The van der Waals surface area contributed by atoms with E-state index in [4.69, 9.17) is 9.84 Å². The van der Waals surface area contributed by atoms with Crippen LogP contribution in [0.25, 0.3) is 0 Å². The molecule has 1 aliphatic carbocycles. The smallest absolute Gasteiger partial charge is 0.407 e. The second kappa shape index (κ2) is 7.47. The molecule has 0 aromatic carbocycles. The summed E-state index contributed by atoms with van der Waals surface area (Å²) in [5, 5.41) is 14.4. The van der Waals surface area contributed by atoms with Crippen molar-refractivity contribution in [3.8, 4) is 0 Å². The zero-order chi connectivity index (χ0) is 16.9. The second-order valence-electron chi connectivity index (χ2n) is 6.85. The Morgan fingerprint density at radius 1 is 1.09 bits per heavy atom. The molecular formula is C15H26N2O5. The first-order valence-electron chi connectivity index (χ1n) is 7.57. The molecule has 1 aliphatic rings. The molecule has 0 spiro atoms. The van der Waals surface area contributed by atoms with Crippen LogP contribution in [0.5, 0.6) is 0 Å². The molecule has 0 aliphatic heterocycles. The van der Waals surface area contributed by atoms with Crippen molar-refractivity contribution in [3.05, 3.63) is 0 Å². The number of hydrogen-bond donors (Lipinski definition) is 3. The summed E-state index contributed by atoms with van der Waals surface area (Å²) in [5.41, 5.74) is -0.567. The van der Waals surface area contributed by atoms with Gasteiger partial charge in [0.25, 0.3) is 0 Å². The minimum Gasteiger partial charge on any atom is -0.481 e. The van der Waals surface area contributed by atoms with Crippen molar-refractivity contribution < 1.29 is 24.2 Å². The number of rotatable bonds is 5. The van der Waals surface area contributed by atoms with Gasteiger partial charge < -0.3 is 20.5 Å². The van der Waals surface area contributed by atoms with Crippen molar-refractivity contribution in [1.82, 2.24) is 10.6 Å². The maximum absolute atomic E-state index is 12.1. The zero-order valence-corrected chi connectivity index (χ0v) is 13.6. The number of ether oxygens (including phenoxy) is 1. The summed E-state index contributed by atoms with van der Waals surface area (Å²) in [6.07, 6.45) is 0.575. The van der Waals surface area contributed by atoms with Crippen LogP contribution in [0.1, 0.15) is 40.5 Å². The summed E-state index contributed by atoms with van der Waals surface area (Å²) in [5.74, 6) is -2.06. The standard InChI is InChI=1S/C15H26N2O5/c1-9-7-10(11(8-9)13(19)20)12(18)16-5-6-17-14(21)22-15(2,3)4/h9-11H,5-8H2,1-4H3,(H,16,18)(H,17,21)(H,19,20). The quantitative estimate of drug-likeness (QED) is 0.665. The fourth-order valence-electron chi connectivity index (χ4n) is 2.65. The lowest BCUT2D eigenvalue weighted by atomic mass is 9.95. The SMILES string of the molecule is CC1CC(C(=O)O)C(C(=O)NCCNC(=O)OC(C)(C)C)C1. The molecular weight excluding hydrogens is 288 g/mol. The van der Waals surface area contributed by atoms with E-state index in [1.807, 2.05) is 6.92 Å². The molecule has 0 aromatic rings. The number of carboxylic acid groups (broad SMARTS) is 1. The largest absolute Gasteiger partial charge is 0.481 e. The molecule has 126 valence electrons. The van der Waals surface area contributed by atoms with Crippen molar-refractivity contribution in [3.63, 3.8) is 0 Å². The molecule has 22 heavy (non-hydrogen) atoms. The van der Waals surface area contributed by atoms with Crippen LogP contribution in [0.2, 0.25) is 0 Å². The highest BCUT2D eigenvalue weighted by molar-refractivity contribution is 5.85. The average Bonchev–Trinajstić information content (AvgIpc) is 2.74. The van der Waals surface area contributed by atoms with Crippen LogP contribution >= 0.6 is 0 Å². The van der Waals surface area contributed by atoms with Gasteiger partial charge >= 0.3 is 12.1 Å². The Hall–Kier alpha value is -1.79. The van der Waals surface area contributed by atoms with E-state index in [9.17, 15) is 14.4 Å². The Morgan fingerprint density at radius 2 is 1.64 bits per heavy atom. The van der Waals surface area contributed by atoms with E-state index < -0.39 is 29.5 Å². The minimum absolute atomic E-state index is 0.233. The van der Waals surface area contributed by atoms with Gasteiger partial charge in [-0.2, -0.15) is 0 Å². The Labute approximate surface area is 130 Å². The first-order valence-corrected chi connectivity index (χ1v) is 7.57. The van der Waals surface area contributed by atoms with Gasteiger partial charge in [-0.25, -0.2) is 4.79 Å². The molecule has 0 bridgehead atoms. The maximum atomic E-state index is 12.1. The average molecular weight is 314 g/mol. The number of carbonyl (C=O) groups excluding carboxylic acids is 2. The highest BCUT2D eigenvalue weighted by atomic mass is 16.6. The topological polar surface area (TPSA) is 105 Å². The maximum Gasteiger partial charge on any atom is 0.407 e. The van der Waals surface area contributed by atoms with Crippen molar-refractivity contribution >= 4 is 18.0 Å². The van der Waals surface area contributed by atoms with Crippen molar-refractivity contribution in [1.29, 1.82) is 0 Å². The normalized spacial score (nSPS) is 24.6. The molecule has 0 heterocycles. The third-order valence-corrected chi connectivity index (χ3v) is 3.54. The predicted octanol–water partition coefficient (Wildman–Crippen LogP) is 1.37. The van der Waals surface area contributed by atoms with Crippen molar-refractivity contribution in [2.75, 3.05) is 13.1 Å². The highest BCUT2D eigenvalue weighted by Gasteiger charge is 2.40. The number of alkyl carbamates (subject to hydrolysis) is 1. The Kier molecular flexibility index (Phi) is 6.20. The van der Waals surface area contributed by atoms with E-state index in [1.54, 1.807) is 20.8 Å². The third kappa shape index (κ3) is 5.91. The van der Waals surface area contributed by atoms with Crippen LogP contribution < -0.4 is 10.6 Å². The number of aliphatic carboxylic acids is 1. The van der Waals surface area contributed by atoms with Crippen molar-refractivity contribution in [2.24, 2.45) is 17.8 Å². The van der Waals surface area contributed by atoms with Crippen molar-refractivity contribution in [2.45, 2.75) is 46.1 Å². The Morgan fingerprint density at radius 3 is 2.18 bits per heavy atom. The number of nitrogens with one attached hydrogen (secondary N) is 2. The summed E-state index contributed by atoms with van der Waals surface area (Å²) in [7, 11) is 0. The molecule has 3 N–H and O–H groups in total. The first-order chi connectivity index (χ1) is 10.1. The fourth-order valence-corrected chi connectivity index (χ4v) is 2.65. The van der Waals surface area contributed by atoms with Gasteiger partial charge in [0.05, 0.1) is 11.8 Å². The van der Waals surface area contributed by atoms with Gasteiger partial charge in [0.1, 0.15) is 5.60 Å². The molecule has 2 amide bonds. The van der Waals surface area contributed by atoms with Gasteiger partial charge in [-0.3, -0.25) is 9.59 Å². The Bertz CT molecular complexity index is 430. The van der Waals surface area contributed by atoms with Crippen LogP contribution in [0.3, 0.4) is 0 Å². The lowest BCUT2D eigenvalue weighted by molar-refractivity contribution is -0.146. The van der Waals surface area contributed by atoms with Crippen LogP contribution in [-0.2, 0) is 14.3 Å².